The van der Waals surface area contributed by atoms with Crippen LogP contribution in [0.3, 0.4) is 0 Å². The van der Waals surface area contributed by atoms with Gasteiger partial charge in [0.05, 0.1) is 16.2 Å². The highest BCUT2D eigenvalue weighted by molar-refractivity contribution is 7.89. The fraction of sp³-hybridized carbons (Fsp3) is 0.435. The molecule has 2 aliphatic heterocycles. The van der Waals surface area contributed by atoms with Gasteiger partial charge in [-0.05, 0) is 75.1 Å². The van der Waals surface area contributed by atoms with E-state index in [0.29, 0.717) is 30.8 Å². The van der Waals surface area contributed by atoms with Crippen LogP contribution >= 0.6 is 0 Å². The summed E-state index contributed by atoms with van der Waals surface area (Å²) in [4.78, 5) is 31.2. The zero-order valence-electron chi connectivity index (χ0n) is 18.8. The third-order valence-corrected chi connectivity index (χ3v) is 8.26. The van der Waals surface area contributed by atoms with Crippen molar-refractivity contribution >= 4 is 33.3 Å². The zero-order chi connectivity index (χ0) is 23.3. The molecule has 1 unspecified atom stereocenters. The molecular formula is C23H28N4O4S. The van der Waals surface area contributed by atoms with E-state index in [-0.39, 0.29) is 23.3 Å². The van der Waals surface area contributed by atoms with Crippen LogP contribution in [0.25, 0.3) is 0 Å². The van der Waals surface area contributed by atoms with Crippen molar-refractivity contribution in [2.45, 2.75) is 43.9 Å². The highest BCUT2D eigenvalue weighted by Crippen LogP contribution is 2.42. The monoisotopic (exact) mass is 456 g/mol. The number of benzene rings is 1. The number of piperidine rings is 1. The van der Waals surface area contributed by atoms with Gasteiger partial charge in [-0.1, -0.05) is 0 Å². The lowest BCUT2D eigenvalue weighted by molar-refractivity contribution is -0.122. The summed E-state index contributed by atoms with van der Waals surface area (Å²) in [5.74, 6) is -0.296. The van der Waals surface area contributed by atoms with Crippen LogP contribution in [0.4, 0.5) is 11.5 Å². The van der Waals surface area contributed by atoms with Gasteiger partial charge in [0.2, 0.25) is 21.8 Å². The van der Waals surface area contributed by atoms with E-state index < -0.39 is 21.4 Å². The minimum Gasteiger partial charge on any atom is -0.314 e. The summed E-state index contributed by atoms with van der Waals surface area (Å²) >= 11 is 0. The number of nitrogens with one attached hydrogen (secondary N) is 1. The minimum atomic E-state index is -3.81. The number of nitrogens with zero attached hydrogens (tertiary/aromatic N) is 3. The van der Waals surface area contributed by atoms with Gasteiger partial charge in [-0.25, -0.2) is 13.4 Å². The van der Waals surface area contributed by atoms with E-state index in [4.69, 9.17) is 0 Å². The van der Waals surface area contributed by atoms with Gasteiger partial charge in [0.25, 0.3) is 0 Å². The average Bonchev–Trinajstić information content (AvgIpc) is 2.94. The molecule has 0 saturated carbocycles. The van der Waals surface area contributed by atoms with Crippen LogP contribution in [0, 0.1) is 12.8 Å². The van der Waals surface area contributed by atoms with Crippen LogP contribution in [0.1, 0.15) is 37.8 Å². The highest BCUT2D eigenvalue weighted by Gasteiger charge is 2.43. The molecule has 1 saturated heterocycles. The lowest BCUT2D eigenvalue weighted by Crippen LogP contribution is -2.43. The van der Waals surface area contributed by atoms with Crippen LogP contribution in [-0.4, -0.2) is 49.7 Å². The Bertz CT molecular complexity index is 1190. The number of hydrogen-bond donors (Lipinski definition) is 1. The molecule has 170 valence electrons. The predicted molar refractivity (Wildman–Crippen MR) is 122 cm³/mol. The number of carbonyl (C=O) groups excluding carboxylic acids is 2. The predicted octanol–water partition coefficient (Wildman–Crippen LogP) is 2.68. The Balaban J connectivity index is 1.55. The Hall–Kier alpha value is -2.78. The fourth-order valence-corrected chi connectivity index (χ4v) is 6.02. The topological polar surface area (TPSA) is 99.7 Å². The quantitative estimate of drug-likeness (QED) is 0.763. The summed E-state index contributed by atoms with van der Waals surface area (Å²) in [5.41, 5.74) is 1.61. The molecular weight excluding hydrogens is 428 g/mol. The zero-order valence-corrected chi connectivity index (χ0v) is 19.6. The van der Waals surface area contributed by atoms with Crippen molar-refractivity contribution in [2.24, 2.45) is 5.92 Å². The number of fused-ring (bicyclic) bond motifs is 1. The van der Waals surface area contributed by atoms with Crippen molar-refractivity contribution in [3.8, 4) is 0 Å². The number of carbonyl (C=O) groups is 2. The van der Waals surface area contributed by atoms with E-state index in [2.05, 4.69) is 10.3 Å². The van der Waals surface area contributed by atoms with Crippen LogP contribution < -0.4 is 10.2 Å². The second-order valence-electron chi connectivity index (χ2n) is 9.08. The molecule has 0 bridgehead atoms. The molecule has 2 aliphatic rings. The smallest absolute Gasteiger partial charge is 0.243 e. The van der Waals surface area contributed by atoms with E-state index in [9.17, 15) is 18.0 Å². The van der Waals surface area contributed by atoms with E-state index in [1.807, 2.05) is 13.0 Å². The molecule has 8 nitrogen and oxygen atoms in total. The lowest BCUT2D eigenvalue weighted by Gasteiger charge is -2.31. The van der Waals surface area contributed by atoms with Crippen LogP contribution in [0.5, 0.6) is 0 Å². The van der Waals surface area contributed by atoms with Gasteiger partial charge >= 0.3 is 0 Å². The largest absolute Gasteiger partial charge is 0.314 e. The number of pyridine rings is 1. The summed E-state index contributed by atoms with van der Waals surface area (Å²) in [5, 5.41) is 2.80. The second kappa shape index (κ2) is 7.97. The van der Waals surface area contributed by atoms with Gasteiger partial charge in [-0.2, -0.15) is 4.31 Å². The third-order valence-electron chi connectivity index (χ3n) is 6.40. The molecule has 1 N–H and O–H groups in total. The number of rotatable bonds is 4. The summed E-state index contributed by atoms with van der Waals surface area (Å²) in [6.45, 7) is 5.98. The standard InChI is InChI=1S/C23H28N4O4S/c1-15-9-10-24-20(12-15)25-21(28)16-6-5-11-27(14-16)32(30,31)17-7-8-19-18(13-17)23(2,3)22(29)26(19)4/h7-10,12-13,16H,5-6,11,14H2,1-4H3,(H,24,25,28). The molecule has 0 spiro atoms. The molecule has 0 radical (unpaired) electrons. The Morgan fingerprint density at radius 1 is 1.22 bits per heavy atom. The first kappa shape index (κ1) is 22.4. The van der Waals surface area contributed by atoms with Gasteiger partial charge in [0.15, 0.2) is 0 Å². The molecule has 32 heavy (non-hydrogen) atoms. The van der Waals surface area contributed by atoms with Crippen molar-refractivity contribution < 1.29 is 18.0 Å². The van der Waals surface area contributed by atoms with E-state index in [0.717, 1.165) is 11.3 Å². The van der Waals surface area contributed by atoms with Crippen molar-refractivity contribution in [1.82, 2.24) is 9.29 Å². The first-order valence-electron chi connectivity index (χ1n) is 10.7. The molecule has 4 rings (SSSR count). The second-order valence-corrected chi connectivity index (χ2v) is 11.0. The fourth-order valence-electron chi connectivity index (χ4n) is 4.47. The van der Waals surface area contributed by atoms with Crippen LogP contribution in [0.2, 0.25) is 0 Å². The summed E-state index contributed by atoms with van der Waals surface area (Å²) in [7, 11) is -2.11. The number of likely N-dealkylation sites (N-methyl/N-ethyl adjacent to an activating group) is 1. The molecule has 2 amide bonds. The normalized spacial score (nSPS) is 20.8. The van der Waals surface area contributed by atoms with E-state index >= 15 is 0 Å². The van der Waals surface area contributed by atoms with Crippen molar-refractivity contribution in [1.29, 1.82) is 0 Å². The van der Waals surface area contributed by atoms with Gasteiger partial charge in [0.1, 0.15) is 5.82 Å². The SMILES string of the molecule is Cc1ccnc(NC(=O)C2CCCN(S(=O)(=O)c3ccc4c(c3)C(C)(C)C(=O)N4C)C2)c1. The molecule has 1 atom stereocenters. The molecule has 0 aliphatic carbocycles. The van der Waals surface area contributed by atoms with Crippen molar-refractivity contribution in [3.05, 3.63) is 47.7 Å². The Morgan fingerprint density at radius 2 is 1.97 bits per heavy atom. The third kappa shape index (κ3) is 3.80. The lowest BCUT2D eigenvalue weighted by atomic mass is 9.86. The molecule has 2 aromatic rings. The number of anilines is 2. The molecule has 3 heterocycles. The number of hydrogen-bond acceptors (Lipinski definition) is 5. The summed E-state index contributed by atoms with van der Waals surface area (Å²) in [6.07, 6.45) is 2.83. The number of aryl methyl sites for hydroxylation is 1. The van der Waals surface area contributed by atoms with Crippen molar-refractivity contribution in [2.75, 3.05) is 30.4 Å². The van der Waals surface area contributed by atoms with Gasteiger partial charge in [0, 0.05) is 32.0 Å². The van der Waals surface area contributed by atoms with E-state index in [1.54, 1.807) is 56.3 Å². The molecule has 1 fully saturated rings. The van der Waals surface area contributed by atoms with Gasteiger partial charge in [-0.3, -0.25) is 9.59 Å². The molecule has 1 aromatic carbocycles. The number of aromatic nitrogens is 1. The number of sulfonamides is 1. The maximum atomic E-state index is 13.4. The van der Waals surface area contributed by atoms with Crippen molar-refractivity contribution in [3.63, 3.8) is 0 Å². The molecule has 1 aromatic heterocycles. The van der Waals surface area contributed by atoms with Gasteiger partial charge in [-0.15, -0.1) is 0 Å². The number of amides is 2. The highest BCUT2D eigenvalue weighted by atomic mass is 32.2. The van der Waals surface area contributed by atoms with Gasteiger partial charge < -0.3 is 10.2 Å². The van der Waals surface area contributed by atoms with E-state index in [1.165, 1.54) is 4.31 Å². The molecule has 9 heteroatoms. The Labute approximate surface area is 188 Å². The Kier molecular flexibility index (Phi) is 5.58. The van der Waals surface area contributed by atoms with Crippen LogP contribution in [-0.2, 0) is 25.0 Å². The maximum Gasteiger partial charge on any atom is 0.243 e. The average molecular weight is 457 g/mol. The first-order valence-corrected chi connectivity index (χ1v) is 12.1. The van der Waals surface area contributed by atoms with Crippen LogP contribution in [0.15, 0.2) is 41.4 Å². The minimum absolute atomic E-state index is 0.0680. The first-order chi connectivity index (χ1) is 15.0. The summed E-state index contributed by atoms with van der Waals surface area (Å²) < 4.78 is 28.2. The maximum absolute atomic E-state index is 13.4. The summed E-state index contributed by atoms with van der Waals surface area (Å²) in [6, 6.07) is 8.45. The Morgan fingerprint density at radius 3 is 2.69 bits per heavy atom.